The summed E-state index contributed by atoms with van der Waals surface area (Å²) in [5.74, 6) is -2.27. The number of ether oxygens (including phenoxy) is 3. The first kappa shape index (κ1) is 28.0. The molecule has 16 heteroatoms. The normalized spacial score (nSPS) is 24.1. The molecule has 2 aromatic heterocycles. The van der Waals surface area contributed by atoms with Gasteiger partial charge in [0.1, 0.15) is 23.5 Å². The molecule has 3 heterocycles. The van der Waals surface area contributed by atoms with Crippen LogP contribution in [-0.2, 0) is 23.8 Å². The molecule has 2 aromatic rings. The van der Waals surface area contributed by atoms with Gasteiger partial charge in [0.2, 0.25) is 0 Å². The number of carbonyl (C=O) groups is 3. The Hall–Kier alpha value is -3.60. The molecule has 3 rings (SSSR count). The molecule has 0 aliphatic carbocycles. The Balaban J connectivity index is 1.49. The maximum Gasteiger partial charge on any atom is 0.348 e. The van der Waals surface area contributed by atoms with Crippen LogP contribution in [-0.4, -0.2) is 96.1 Å². The van der Waals surface area contributed by atoms with Gasteiger partial charge in [0, 0.05) is 12.8 Å². The van der Waals surface area contributed by atoms with Crippen molar-refractivity contribution < 1.29 is 43.9 Å². The number of urea groups is 1. The number of esters is 1. The first-order chi connectivity index (χ1) is 17.4. The summed E-state index contributed by atoms with van der Waals surface area (Å²) in [7, 11) is 0. The fourth-order valence-electron chi connectivity index (χ4n) is 3.63. The molecular weight excluding hydrogens is 496 g/mol. The van der Waals surface area contributed by atoms with Gasteiger partial charge >= 0.3 is 23.7 Å². The minimum Gasteiger partial charge on any atom is -0.480 e. The second-order valence-corrected chi connectivity index (χ2v) is 8.69. The van der Waals surface area contributed by atoms with Crippen LogP contribution in [0.4, 0.5) is 10.6 Å². The summed E-state index contributed by atoms with van der Waals surface area (Å²) in [5.41, 5.74) is -0.512. The second kappa shape index (κ2) is 12.1. The number of carboxylic acid groups (broad SMARTS) is 1. The standard InChI is InChI=1S/C21H30N6O10/c1-8(35-19-12(29)6-11(28)9(2)37-19)4-5-13(30)36-10(3)14(18(31)32)24-20(33)26-17-15-16(23-7-22-15)25-21(34)27-17/h7-12,14,19,28-29H,4-6H2,1-3H3,(H,31,32)(H4,22,23,24,25,26,27,33,34)/t8-,9?,10-,11+,12?,14+,19+/m1/s1. The van der Waals surface area contributed by atoms with Gasteiger partial charge in [-0.25, -0.2) is 19.4 Å². The summed E-state index contributed by atoms with van der Waals surface area (Å²) in [6.07, 6.45) is -3.68. The van der Waals surface area contributed by atoms with Crippen LogP contribution in [0.25, 0.3) is 11.2 Å². The lowest BCUT2D eigenvalue weighted by Crippen LogP contribution is -2.50. The fraction of sp³-hybridized carbons (Fsp3) is 0.619. The third kappa shape index (κ3) is 7.45. The number of nitrogens with one attached hydrogen (secondary N) is 4. The van der Waals surface area contributed by atoms with Crippen molar-refractivity contribution in [3.8, 4) is 0 Å². The van der Waals surface area contributed by atoms with Crippen molar-refractivity contribution in [1.29, 1.82) is 0 Å². The molecule has 2 unspecified atom stereocenters. The summed E-state index contributed by atoms with van der Waals surface area (Å²) in [5, 5.41) is 33.8. The van der Waals surface area contributed by atoms with E-state index < -0.39 is 66.5 Å². The Bertz CT molecular complexity index is 1170. The van der Waals surface area contributed by atoms with Crippen molar-refractivity contribution >= 4 is 35.0 Å². The average Bonchev–Trinajstić information content (AvgIpc) is 3.28. The number of amides is 2. The third-order valence-electron chi connectivity index (χ3n) is 5.70. The van der Waals surface area contributed by atoms with Crippen LogP contribution >= 0.6 is 0 Å². The predicted octanol–water partition coefficient (Wildman–Crippen LogP) is -0.805. The third-order valence-corrected chi connectivity index (χ3v) is 5.70. The van der Waals surface area contributed by atoms with Crippen LogP contribution in [0.15, 0.2) is 11.1 Å². The van der Waals surface area contributed by atoms with Gasteiger partial charge in [-0.15, -0.1) is 0 Å². The van der Waals surface area contributed by atoms with E-state index in [1.807, 2.05) is 0 Å². The van der Waals surface area contributed by atoms with Gasteiger partial charge in [0.05, 0.1) is 24.6 Å². The maximum absolute atomic E-state index is 12.4. The quantitative estimate of drug-likeness (QED) is 0.188. The largest absolute Gasteiger partial charge is 0.480 e. The number of nitrogens with zero attached hydrogens (tertiary/aromatic N) is 2. The monoisotopic (exact) mass is 526 g/mol. The number of H-pyrrole nitrogens is 2. The van der Waals surface area contributed by atoms with E-state index in [-0.39, 0.29) is 36.2 Å². The highest BCUT2D eigenvalue weighted by Crippen LogP contribution is 2.23. The molecule has 1 aliphatic heterocycles. The van der Waals surface area contributed by atoms with E-state index in [9.17, 15) is 34.5 Å². The summed E-state index contributed by atoms with van der Waals surface area (Å²) < 4.78 is 16.2. The van der Waals surface area contributed by atoms with Gasteiger partial charge in [-0.05, 0) is 27.2 Å². The predicted molar refractivity (Wildman–Crippen MR) is 124 cm³/mol. The van der Waals surface area contributed by atoms with Gasteiger partial charge in [-0.1, -0.05) is 0 Å². The van der Waals surface area contributed by atoms with E-state index >= 15 is 0 Å². The molecule has 37 heavy (non-hydrogen) atoms. The number of rotatable bonds is 10. The summed E-state index contributed by atoms with van der Waals surface area (Å²) in [4.78, 5) is 60.5. The van der Waals surface area contributed by atoms with Crippen LogP contribution in [0.3, 0.4) is 0 Å². The number of aliphatic carboxylic acids is 1. The van der Waals surface area contributed by atoms with Crippen molar-refractivity contribution in [3.63, 3.8) is 0 Å². The van der Waals surface area contributed by atoms with Gasteiger partial charge in [0.15, 0.2) is 18.0 Å². The highest BCUT2D eigenvalue weighted by Gasteiger charge is 2.35. The number of aromatic nitrogens is 4. The van der Waals surface area contributed by atoms with Crippen LogP contribution in [0.1, 0.15) is 40.0 Å². The number of fused-ring (bicyclic) bond motifs is 1. The molecule has 0 radical (unpaired) electrons. The lowest BCUT2D eigenvalue weighted by atomic mass is 10.0. The minimum absolute atomic E-state index is 0.0472. The Morgan fingerprint density at radius 1 is 1.27 bits per heavy atom. The number of anilines is 1. The Morgan fingerprint density at radius 2 is 2.00 bits per heavy atom. The first-order valence-corrected chi connectivity index (χ1v) is 11.5. The number of aliphatic hydroxyl groups is 2. The number of aliphatic hydroxyl groups excluding tert-OH is 2. The molecule has 1 aliphatic rings. The topological polar surface area (TPSA) is 238 Å². The molecule has 2 amide bonds. The number of carboxylic acids is 1. The van der Waals surface area contributed by atoms with Gasteiger partial charge in [-0.3, -0.25) is 15.1 Å². The SMILES string of the molecule is CC1O[C@H](O[C@H](C)CCC(=O)O[C@H](C)[C@H](NC(=O)Nc2[nH]c(=O)nc3nc[nH]c23)C(=O)O)C(O)C[C@@H]1O. The van der Waals surface area contributed by atoms with E-state index in [1.54, 1.807) is 13.8 Å². The second-order valence-electron chi connectivity index (χ2n) is 8.69. The molecule has 7 N–H and O–H groups in total. The van der Waals surface area contributed by atoms with E-state index in [4.69, 9.17) is 14.2 Å². The molecule has 16 nitrogen and oxygen atoms in total. The molecule has 1 fully saturated rings. The van der Waals surface area contributed by atoms with E-state index in [2.05, 4.69) is 30.6 Å². The summed E-state index contributed by atoms with van der Waals surface area (Å²) in [6.45, 7) is 4.61. The molecule has 204 valence electrons. The number of carbonyl (C=O) groups excluding carboxylic acids is 2. The lowest BCUT2D eigenvalue weighted by molar-refractivity contribution is -0.273. The van der Waals surface area contributed by atoms with E-state index in [1.165, 1.54) is 13.3 Å². The molecule has 0 spiro atoms. The molecule has 0 bridgehead atoms. The van der Waals surface area contributed by atoms with E-state index in [0.29, 0.717) is 0 Å². The number of imidazole rings is 1. The van der Waals surface area contributed by atoms with Crippen molar-refractivity contribution in [2.45, 2.75) is 82.9 Å². The first-order valence-electron chi connectivity index (χ1n) is 11.5. The minimum atomic E-state index is -1.61. The van der Waals surface area contributed by atoms with Gasteiger partial charge < -0.3 is 39.8 Å². The number of hydrogen-bond acceptors (Lipinski definition) is 11. The molecule has 7 atom stereocenters. The summed E-state index contributed by atoms with van der Waals surface area (Å²) in [6, 6.07) is -2.59. The molecule has 0 saturated carbocycles. The number of aromatic amines is 2. The zero-order valence-corrected chi connectivity index (χ0v) is 20.3. The summed E-state index contributed by atoms with van der Waals surface area (Å²) >= 11 is 0. The van der Waals surface area contributed by atoms with Crippen molar-refractivity contribution in [2.24, 2.45) is 0 Å². The zero-order chi connectivity index (χ0) is 27.3. The maximum atomic E-state index is 12.4. The van der Waals surface area contributed by atoms with Crippen molar-refractivity contribution in [1.82, 2.24) is 25.3 Å². The Morgan fingerprint density at radius 3 is 2.70 bits per heavy atom. The highest BCUT2D eigenvalue weighted by molar-refractivity contribution is 5.97. The molecule has 0 aromatic carbocycles. The van der Waals surface area contributed by atoms with Gasteiger partial charge in [-0.2, -0.15) is 4.98 Å². The Kier molecular flexibility index (Phi) is 9.14. The zero-order valence-electron chi connectivity index (χ0n) is 20.3. The smallest absolute Gasteiger partial charge is 0.348 e. The van der Waals surface area contributed by atoms with Crippen LogP contribution in [0.2, 0.25) is 0 Å². The van der Waals surface area contributed by atoms with Crippen LogP contribution in [0.5, 0.6) is 0 Å². The fourth-order valence-corrected chi connectivity index (χ4v) is 3.63. The van der Waals surface area contributed by atoms with Crippen molar-refractivity contribution in [2.75, 3.05) is 5.32 Å². The average molecular weight is 527 g/mol. The Labute approximate surface area is 209 Å². The molecular formula is C21H30N6O10. The van der Waals surface area contributed by atoms with Crippen LogP contribution < -0.4 is 16.3 Å². The van der Waals surface area contributed by atoms with Gasteiger partial charge in [0.25, 0.3) is 0 Å². The molecule has 1 saturated heterocycles. The highest BCUT2D eigenvalue weighted by atomic mass is 16.7. The van der Waals surface area contributed by atoms with Crippen LogP contribution in [0, 0.1) is 0 Å². The van der Waals surface area contributed by atoms with E-state index in [0.717, 1.165) is 0 Å². The lowest BCUT2D eigenvalue weighted by Gasteiger charge is -2.36. The van der Waals surface area contributed by atoms with Crippen molar-refractivity contribution in [3.05, 3.63) is 16.8 Å². The number of hydrogen-bond donors (Lipinski definition) is 7.